The fourth-order valence-corrected chi connectivity index (χ4v) is 4.61. The van der Waals surface area contributed by atoms with E-state index < -0.39 is 11.2 Å². The molecule has 4 rings (SSSR count). The summed E-state index contributed by atoms with van der Waals surface area (Å²) in [5.41, 5.74) is 7.72. The molecule has 0 fully saturated rings. The first-order valence-electron chi connectivity index (χ1n) is 9.80. The first kappa shape index (κ1) is 21.3. The number of carbonyl (C=O) groups is 2. The number of carbonyl (C=O) groups excluding carboxylic acids is 2. The van der Waals surface area contributed by atoms with Gasteiger partial charge >= 0.3 is 5.97 Å². The number of fused-ring (bicyclic) bond motifs is 1. The summed E-state index contributed by atoms with van der Waals surface area (Å²) in [5, 5.41) is 9.70. The van der Waals surface area contributed by atoms with Gasteiger partial charge in [0.05, 0.1) is 17.1 Å². The number of hydrogen-bond acceptors (Lipinski definition) is 8. The molecule has 0 saturated carbocycles. The average Bonchev–Trinajstić information content (AvgIpc) is 3.07. The molecule has 3 aromatic rings. The first-order valence-corrected chi connectivity index (χ1v) is 10.7. The topological polar surface area (TPSA) is 124 Å². The fourth-order valence-electron chi connectivity index (χ4n) is 3.43. The van der Waals surface area contributed by atoms with E-state index in [1.54, 1.807) is 62.9 Å². The normalized spacial score (nSPS) is 16.1. The van der Waals surface area contributed by atoms with Crippen LogP contribution in [0, 0.1) is 11.3 Å². The van der Waals surface area contributed by atoms with Crippen molar-refractivity contribution in [2.75, 3.05) is 5.73 Å². The Kier molecular flexibility index (Phi) is 5.79. The third-order valence-corrected chi connectivity index (χ3v) is 6.06. The molecule has 0 amide bonds. The van der Waals surface area contributed by atoms with Gasteiger partial charge in [-0.2, -0.15) is 5.26 Å². The summed E-state index contributed by atoms with van der Waals surface area (Å²) < 4.78 is 6.69. The molecule has 1 atom stereocenters. The summed E-state index contributed by atoms with van der Waals surface area (Å²) in [6.07, 6.45) is 7.75. The van der Waals surface area contributed by atoms with Crippen molar-refractivity contribution in [2.24, 2.45) is 0 Å². The van der Waals surface area contributed by atoms with Crippen molar-refractivity contribution in [1.29, 1.82) is 5.26 Å². The predicted octanol–water partition coefficient (Wildman–Crippen LogP) is 1.75. The zero-order valence-corrected chi connectivity index (χ0v) is 18.2. The minimum absolute atomic E-state index is 0.0239. The summed E-state index contributed by atoms with van der Waals surface area (Å²) in [7, 11) is 0. The van der Waals surface area contributed by atoms with Crippen LogP contribution in [-0.4, -0.2) is 32.5 Å². The SMILES string of the molecule is CC(C)OC(=O)C1=c2/c(=C/c3cccnc3)c(N)c(C#N)n2C(=O)C(c2cccnc2)S1. The maximum Gasteiger partial charge on any atom is 0.347 e. The highest BCUT2D eigenvalue weighted by molar-refractivity contribution is 8.10. The Morgan fingerprint density at radius 3 is 2.59 bits per heavy atom. The molecule has 1 aliphatic heterocycles. The lowest BCUT2D eigenvalue weighted by molar-refractivity contribution is -0.139. The lowest BCUT2D eigenvalue weighted by atomic mass is 10.2. The molecule has 0 radical (unpaired) electrons. The van der Waals surface area contributed by atoms with Crippen molar-refractivity contribution in [2.45, 2.75) is 25.2 Å². The number of thioether (sulfide) groups is 1. The summed E-state index contributed by atoms with van der Waals surface area (Å²) in [5.74, 6) is -0.969. The van der Waals surface area contributed by atoms with Crippen LogP contribution in [0.15, 0.2) is 49.1 Å². The van der Waals surface area contributed by atoms with Crippen LogP contribution in [0.25, 0.3) is 11.0 Å². The molecule has 0 saturated heterocycles. The largest absolute Gasteiger partial charge is 0.459 e. The van der Waals surface area contributed by atoms with Gasteiger partial charge < -0.3 is 10.5 Å². The van der Waals surface area contributed by atoms with E-state index in [4.69, 9.17) is 10.5 Å². The molecule has 9 heteroatoms. The van der Waals surface area contributed by atoms with Crippen LogP contribution < -0.4 is 16.3 Å². The third kappa shape index (κ3) is 3.76. The van der Waals surface area contributed by atoms with E-state index in [0.29, 0.717) is 16.3 Å². The van der Waals surface area contributed by atoms with Crippen LogP contribution in [0.2, 0.25) is 0 Å². The second-order valence-electron chi connectivity index (χ2n) is 7.31. The van der Waals surface area contributed by atoms with E-state index >= 15 is 0 Å². The quantitative estimate of drug-likeness (QED) is 0.603. The Hall–Kier alpha value is -3.90. The molecule has 4 heterocycles. The summed E-state index contributed by atoms with van der Waals surface area (Å²) in [6.45, 7) is 3.49. The zero-order valence-electron chi connectivity index (χ0n) is 17.4. The van der Waals surface area contributed by atoms with Crippen molar-refractivity contribution < 1.29 is 14.3 Å². The molecule has 2 N–H and O–H groups in total. The van der Waals surface area contributed by atoms with Gasteiger partial charge in [0.2, 0.25) is 5.91 Å². The molecular formula is C23H19N5O3S. The van der Waals surface area contributed by atoms with E-state index in [2.05, 4.69) is 9.97 Å². The first-order chi connectivity index (χ1) is 15.4. The monoisotopic (exact) mass is 445 g/mol. The Morgan fingerprint density at radius 1 is 1.28 bits per heavy atom. The molecule has 32 heavy (non-hydrogen) atoms. The van der Waals surface area contributed by atoms with Crippen molar-refractivity contribution in [3.63, 3.8) is 0 Å². The molecule has 1 unspecified atom stereocenters. The Balaban J connectivity index is 2.07. The highest BCUT2D eigenvalue weighted by atomic mass is 32.2. The van der Waals surface area contributed by atoms with Gasteiger partial charge in [0.15, 0.2) is 5.69 Å². The number of nitriles is 1. The maximum absolute atomic E-state index is 13.5. The summed E-state index contributed by atoms with van der Waals surface area (Å²) in [4.78, 5) is 35.0. The van der Waals surface area contributed by atoms with Gasteiger partial charge in [-0.05, 0) is 43.2 Å². The van der Waals surface area contributed by atoms with Crippen LogP contribution in [0.1, 0.15) is 40.7 Å². The van der Waals surface area contributed by atoms with Gasteiger partial charge in [0, 0.05) is 30.0 Å². The van der Waals surface area contributed by atoms with E-state index in [1.165, 1.54) is 4.57 Å². The number of nitrogens with two attached hydrogens (primary N) is 1. The third-order valence-electron chi connectivity index (χ3n) is 4.76. The van der Waals surface area contributed by atoms with Gasteiger partial charge in [-0.15, -0.1) is 0 Å². The van der Waals surface area contributed by atoms with Gasteiger partial charge in [0.1, 0.15) is 16.2 Å². The number of ether oxygens (including phenoxy) is 1. The van der Waals surface area contributed by atoms with Crippen LogP contribution in [0.4, 0.5) is 5.69 Å². The molecule has 3 aromatic heterocycles. The Labute approximate surface area is 188 Å². The fraction of sp³-hybridized carbons (Fsp3) is 0.174. The van der Waals surface area contributed by atoms with Gasteiger partial charge in [-0.3, -0.25) is 19.3 Å². The van der Waals surface area contributed by atoms with Crippen molar-refractivity contribution >= 4 is 40.3 Å². The summed E-state index contributed by atoms with van der Waals surface area (Å²) in [6, 6.07) is 9.05. The zero-order chi connectivity index (χ0) is 22.8. The average molecular weight is 446 g/mol. The van der Waals surface area contributed by atoms with Gasteiger partial charge in [0.25, 0.3) is 0 Å². The molecule has 160 valence electrons. The van der Waals surface area contributed by atoms with Crippen LogP contribution in [0.5, 0.6) is 0 Å². The number of anilines is 1. The second-order valence-corrected chi connectivity index (χ2v) is 8.42. The van der Waals surface area contributed by atoms with Crippen LogP contribution >= 0.6 is 11.8 Å². The minimum atomic E-state index is -0.781. The molecule has 0 bridgehead atoms. The molecular weight excluding hydrogens is 426 g/mol. The minimum Gasteiger partial charge on any atom is -0.459 e. The number of nitrogens with zero attached hydrogens (tertiary/aromatic N) is 4. The summed E-state index contributed by atoms with van der Waals surface area (Å²) >= 11 is 1.07. The highest BCUT2D eigenvalue weighted by Gasteiger charge is 2.37. The number of esters is 1. The van der Waals surface area contributed by atoms with E-state index in [1.807, 2.05) is 12.1 Å². The number of nitrogen functional groups attached to an aromatic ring is 1. The smallest absolute Gasteiger partial charge is 0.347 e. The van der Waals surface area contributed by atoms with Crippen molar-refractivity contribution in [3.8, 4) is 6.07 Å². The van der Waals surface area contributed by atoms with E-state index in [-0.39, 0.29) is 33.6 Å². The van der Waals surface area contributed by atoms with Gasteiger partial charge in [-0.1, -0.05) is 23.9 Å². The maximum atomic E-state index is 13.5. The molecule has 8 nitrogen and oxygen atoms in total. The highest BCUT2D eigenvalue weighted by Crippen LogP contribution is 2.39. The van der Waals surface area contributed by atoms with Crippen LogP contribution in [-0.2, 0) is 9.53 Å². The molecule has 0 aliphatic carbocycles. The van der Waals surface area contributed by atoms with Crippen molar-refractivity contribution in [1.82, 2.24) is 14.5 Å². The Bertz CT molecular complexity index is 1360. The van der Waals surface area contributed by atoms with Gasteiger partial charge in [-0.25, -0.2) is 4.79 Å². The Morgan fingerprint density at radius 2 is 2.00 bits per heavy atom. The van der Waals surface area contributed by atoms with Crippen molar-refractivity contribution in [3.05, 3.63) is 76.4 Å². The lowest BCUT2D eigenvalue weighted by Crippen LogP contribution is -2.42. The van der Waals surface area contributed by atoms with E-state index in [9.17, 15) is 14.9 Å². The number of rotatable bonds is 4. The molecule has 0 aromatic carbocycles. The lowest BCUT2D eigenvalue weighted by Gasteiger charge is -2.23. The predicted molar refractivity (Wildman–Crippen MR) is 120 cm³/mol. The number of hydrogen-bond donors (Lipinski definition) is 1. The molecule has 1 aliphatic rings. The van der Waals surface area contributed by atoms with Crippen LogP contribution in [0.3, 0.4) is 0 Å². The second kappa shape index (κ2) is 8.69. The molecule has 0 spiro atoms. The number of pyridine rings is 2. The standard InChI is InChI=1S/C23H19N5O3S/c1-13(2)31-23(30)21-19-16(9-14-5-3-7-26-11-14)18(25)17(10-24)28(19)22(29)20(32-21)15-6-4-8-27-12-15/h3-9,11-13,20H,25H2,1-2H3/b16-9+. The van der Waals surface area contributed by atoms with E-state index in [0.717, 1.165) is 11.8 Å². The number of aromatic nitrogens is 3.